The van der Waals surface area contributed by atoms with Crippen molar-refractivity contribution in [1.82, 2.24) is 4.90 Å². The Morgan fingerprint density at radius 3 is 2.93 bits per heavy atom. The molecule has 0 aromatic heterocycles. The number of rotatable bonds is 2. The number of nitrogens with zero attached hydrogens (tertiary/aromatic N) is 1. The molecule has 0 atom stereocenters. The summed E-state index contributed by atoms with van der Waals surface area (Å²) in [4.78, 5) is 13.7. The van der Waals surface area contributed by atoms with Gasteiger partial charge in [-0.15, -0.1) is 0 Å². The SMILES string of the molecule is Cc1cccc2c1C(=O)N(CCN)C2. The van der Waals surface area contributed by atoms with Gasteiger partial charge < -0.3 is 10.6 Å². The number of amides is 1. The molecule has 14 heavy (non-hydrogen) atoms. The molecule has 74 valence electrons. The Hall–Kier alpha value is -1.35. The summed E-state index contributed by atoms with van der Waals surface area (Å²) in [6, 6.07) is 5.98. The first-order chi connectivity index (χ1) is 6.74. The van der Waals surface area contributed by atoms with E-state index in [9.17, 15) is 4.79 Å². The van der Waals surface area contributed by atoms with Gasteiger partial charge in [0.25, 0.3) is 5.91 Å². The van der Waals surface area contributed by atoms with Crippen LogP contribution in [0.4, 0.5) is 0 Å². The molecule has 1 aromatic rings. The quantitative estimate of drug-likeness (QED) is 0.753. The first-order valence-corrected chi connectivity index (χ1v) is 4.82. The van der Waals surface area contributed by atoms with Crippen LogP contribution in [-0.2, 0) is 6.54 Å². The number of carbonyl (C=O) groups excluding carboxylic acids is 1. The number of hydrogen-bond donors (Lipinski definition) is 1. The van der Waals surface area contributed by atoms with Gasteiger partial charge in [0.15, 0.2) is 0 Å². The summed E-state index contributed by atoms with van der Waals surface area (Å²) in [6.45, 7) is 3.86. The molecule has 0 radical (unpaired) electrons. The molecule has 0 saturated heterocycles. The Bertz CT molecular complexity index is 374. The van der Waals surface area contributed by atoms with Gasteiger partial charge in [0.05, 0.1) is 0 Å². The van der Waals surface area contributed by atoms with Gasteiger partial charge in [-0.05, 0) is 18.1 Å². The molecule has 2 rings (SSSR count). The highest BCUT2D eigenvalue weighted by Crippen LogP contribution is 2.24. The predicted octanol–water partition coefficient (Wildman–Crippen LogP) is 0.910. The number of carbonyl (C=O) groups is 1. The van der Waals surface area contributed by atoms with Crippen LogP contribution in [0.2, 0.25) is 0 Å². The average molecular weight is 190 g/mol. The number of fused-ring (bicyclic) bond motifs is 1. The summed E-state index contributed by atoms with van der Waals surface area (Å²) < 4.78 is 0. The van der Waals surface area contributed by atoms with E-state index in [-0.39, 0.29) is 5.91 Å². The lowest BCUT2D eigenvalue weighted by Gasteiger charge is -2.13. The van der Waals surface area contributed by atoms with E-state index in [1.54, 1.807) is 4.90 Å². The maximum absolute atomic E-state index is 11.9. The van der Waals surface area contributed by atoms with E-state index in [1.165, 1.54) is 0 Å². The summed E-state index contributed by atoms with van der Waals surface area (Å²) in [7, 11) is 0. The molecule has 3 nitrogen and oxygen atoms in total. The molecule has 2 N–H and O–H groups in total. The highest BCUT2D eigenvalue weighted by atomic mass is 16.2. The number of aryl methyl sites for hydroxylation is 1. The van der Waals surface area contributed by atoms with Crippen LogP contribution < -0.4 is 5.73 Å². The molecule has 1 aromatic carbocycles. The number of benzene rings is 1. The van der Waals surface area contributed by atoms with Crippen molar-refractivity contribution in [1.29, 1.82) is 0 Å². The Morgan fingerprint density at radius 1 is 1.50 bits per heavy atom. The van der Waals surface area contributed by atoms with Crippen molar-refractivity contribution in [3.63, 3.8) is 0 Å². The third-order valence-corrected chi connectivity index (χ3v) is 2.62. The first-order valence-electron chi connectivity index (χ1n) is 4.82. The normalized spacial score (nSPS) is 14.7. The monoisotopic (exact) mass is 190 g/mol. The zero-order chi connectivity index (χ0) is 10.1. The Morgan fingerprint density at radius 2 is 2.29 bits per heavy atom. The van der Waals surface area contributed by atoms with Crippen LogP contribution in [0, 0.1) is 6.92 Å². The lowest BCUT2D eigenvalue weighted by Crippen LogP contribution is -2.29. The molecular formula is C11H14N2O. The zero-order valence-electron chi connectivity index (χ0n) is 8.29. The molecule has 0 aliphatic carbocycles. The van der Waals surface area contributed by atoms with E-state index in [1.807, 2.05) is 25.1 Å². The van der Waals surface area contributed by atoms with Crippen molar-refractivity contribution in [3.8, 4) is 0 Å². The second-order valence-corrected chi connectivity index (χ2v) is 3.62. The van der Waals surface area contributed by atoms with Gasteiger partial charge in [-0.1, -0.05) is 18.2 Å². The van der Waals surface area contributed by atoms with Crippen molar-refractivity contribution >= 4 is 5.91 Å². The molecule has 1 aliphatic heterocycles. The second-order valence-electron chi connectivity index (χ2n) is 3.62. The van der Waals surface area contributed by atoms with E-state index >= 15 is 0 Å². The molecule has 0 spiro atoms. The maximum Gasteiger partial charge on any atom is 0.254 e. The second kappa shape index (κ2) is 3.42. The molecule has 1 heterocycles. The lowest BCUT2D eigenvalue weighted by molar-refractivity contribution is 0.0782. The van der Waals surface area contributed by atoms with E-state index in [0.29, 0.717) is 19.6 Å². The molecule has 0 fully saturated rings. The van der Waals surface area contributed by atoms with E-state index in [0.717, 1.165) is 16.7 Å². The zero-order valence-corrected chi connectivity index (χ0v) is 8.29. The minimum Gasteiger partial charge on any atom is -0.333 e. The molecular weight excluding hydrogens is 176 g/mol. The third kappa shape index (κ3) is 1.30. The minimum atomic E-state index is 0.128. The summed E-state index contributed by atoms with van der Waals surface area (Å²) in [5.41, 5.74) is 8.52. The van der Waals surface area contributed by atoms with Gasteiger partial charge in [0.2, 0.25) is 0 Å². The van der Waals surface area contributed by atoms with Crippen LogP contribution in [0.5, 0.6) is 0 Å². The van der Waals surface area contributed by atoms with Gasteiger partial charge in [0.1, 0.15) is 0 Å². The maximum atomic E-state index is 11.9. The van der Waals surface area contributed by atoms with E-state index < -0.39 is 0 Å². The minimum absolute atomic E-state index is 0.128. The Kier molecular flexibility index (Phi) is 2.25. The smallest absolute Gasteiger partial charge is 0.254 e. The molecule has 1 aliphatic rings. The number of hydrogen-bond acceptors (Lipinski definition) is 2. The van der Waals surface area contributed by atoms with E-state index in [4.69, 9.17) is 5.73 Å². The molecule has 3 heteroatoms. The van der Waals surface area contributed by atoms with Crippen LogP contribution in [-0.4, -0.2) is 23.9 Å². The molecule has 0 unspecified atom stereocenters. The highest BCUT2D eigenvalue weighted by molar-refractivity contribution is 5.99. The van der Waals surface area contributed by atoms with Gasteiger partial charge in [0, 0.05) is 25.2 Å². The molecule has 1 amide bonds. The van der Waals surface area contributed by atoms with Crippen molar-refractivity contribution in [3.05, 3.63) is 34.9 Å². The highest BCUT2D eigenvalue weighted by Gasteiger charge is 2.27. The molecule has 0 saturated carbocycles. The largest absolute Gasteiger partial charge is 0.333 e. The summed E-state index contributed by atoms with van der Waals surface area (Å²) in [6.07, 6.45) is 0. The van der Waals surface area contributed by atoms with Gasteiger partial charge in [-0.25, -0.2) is 0 Å². The predicted molar refractivity (Wildman–Crippen MR) is 55.0 cm³/mol. The third-order valence-electron chi connectivity index (χ3n) is 2.62. The van der Waals surface area contributed by atoms with Gasteiger partial charge in [-0.2, -0.15) is 0 Å². The Balaban J connectivity index is 2.36. The van der Waals surface area contributed by atoms with Gasteiger partial charge >= 0.3 is 0 Å². The van der Waals surface area contributed by atoms with Crippen molar-refractivity contribution in [2.24, 2.45) is 5.73 Å². The summed E-state index contributed by atoms with van der Waals surface area (Å²) in [5, 5.41) is 0. The van der Waals surface area contributed by atoms with Crippen molar-refractivity contribution in [2.75, 3.05) is 13.1 Å². The van der Waals surface area contributed by atoms with Crippen molar-refractivity contribution in [2.45, 2.75) is 13.5 Å². The van der Waals surface area contributed by atoms with Crippen LogP contribution >= 0.6 is 0 Å². The standard InChI is InChI=1S/C11H14N2O/c1-8-3-2-4-9-7-13(6-5-12)11(14)10(8)9/h2-4H,5-7,12H2,1H3. The topological polar surface area (TPSA) is 46.3 Å². The lowest BCUT2D eigenvalue weighted by atomic mass is 10.0. The fraction of sp³-hybridized carbons (Fsp3) is 0.364. The van der Waals surface area contributed by atoms with Crippen LogP contribution in [0.3, 0.4) is 0 Å². The fourth-order valence-electron chi connectivity index (χ4n) is 1.94. The molecule has 0 bridgehead atoms. The van der Waals surface area contributed by atoms with E-state index in [2.05, 4.69) is 0 Å². The van der Waals surface area contributed by atoms with Crippen LogP contribution in [0.15, 0.2) is 18.2 Å². The van der Waals surface area contributed by atoms with Crippen LogP contribution in [0.1, 0.15) is 21.5 Å². The van der Waals surface area contributed by atoms with Crippen LogP contribution in [0.25, 0.3) is 0 Å². The average Bonchev–Trinajstić information content (AvgIpc) is 2.46. The first kappa shape index (κ1) is 9.21. The van der Waals surface area contributed by atoms with Gasteiger partial charge in [-0.3, -0.25) is 4.79 Å². The number of nitrogens with two attached hydrogens (primary N) is 1. The fourth-order valence-corrected chi connectivity index (χ4v) is 1.94. The summed E-state index contributed by atoms with van der Waals surface area (Å²) >= 11 is 0. The summed E-state index contributed by atoms with van der Waals surface area (Å²) in [5.74, 6) is 0.128. The Labute approximate surface area is 83.5 Å². The van der Waals surface area contributed by atoms with Crippen molar-refractivity contribution < 1.29 is 4.79 Å².